The van der Waals surface area contributed by atoms with Crippen molar-refractivity contribution in [2.24, 2.45) is 11.7 Å². The molecule has 1 saturated heterocycles. The second kappa shape index (κ2) is 31.3. The lowest BCUT2D eigenvalue weighted by Gasteiger charge is -2.25. The number of carbonyl (C=O) groups excluding carboxylic acids is 4. The number of likely N-dealkylation sites (N-methyl/N-ethyl adjacent to an activating group) is 4. The second-order valence-electron chi connectivity index (χ2n) is 28.5. The first-order valence-corrected chi connectivity index (χ1v) is 35.7. The van der Waals surface area contributed by atoms with E-state index in [0.29, 0.717) is 36.3 Å². The fraction of sp³-hybridized carbons (Fsp3) is 0.407. The van der Waals surface area contributed by atoms with E-state index < -0.39 is 0 Å². The minimum absolute atomic E-state index is 0.154. The Morgan fingerprint density at radius 1 is 0.450 bits per heavy atom. The van der Waals surface area contributed by atoms with Crippen LogP contribution >= 0.6 is 0 Å². The van der Waals surface area contributed by atoms with Gasteiger partial charge in [-0.15, -0.1) is 0 Å². The number of aromatic nitrogens is 4. The smallest absolute Gasteiger partial charge is 0.251 e. The first-order chi connectivity index (χ1) is 48.2. The lowest BCUT2D eigenvalue weighted by atomic mass is 9.97. The summed E-state index contributed by atoms with van der Waals surface area (Å²) in [5.41, 5.74) is 28.2. The number of nitrogens with one attached hydrogen (secondary N) is 4. The van der Waals surface area contributed by atoms with Gasteiger partial charge in [0, 0.05) is 201 Å². The maximum Gasteiger partial charge on any atom is 0.251 e. The largest absolute Gasteiger partial charge is 0.368 e. The summed E-state index contributed by atoms with van der Waals surface area (Å²) in [6.45, 7) is 24.7. The molecule has 0 aliphatic carbocycles. The Morgan fingerprint density at radius 3 is 1.20 bits per heavy atom. The summed E-state index contributed by atoms with van der Waals surface area (Å²) in [7, 11) is 8.65. The first-order valence-electron chi connectivity index (χ1n) is 35.7. The Kier molecular flexibility index (Phi) is 22.2. The number of benzene rings is 6. The highest BCUT2D eigenvalue weighted by Crippen LogP contribution is 2.36. The van der Waals surface area contributed by atoms with E-state index in [2.05, 4.69) is 188 Å². The maximum atomic E-state index is 13.3. The molecule has 19 heteroatoms. The van der Waals surface area contributed by atoms with E-state index >= 15 is 0 Å². The topological polar surface area (TPSA) is 175 Å². The van der Waals surface area contributed by atoms with Crippen molar-refractivity contribution in [3.8, 4) is 0 Å². The summed E-state index contributed by atoms with van der Waals surface area (Å²) < 4.78 is 35.5. The Labute approximate surface area is 586 Å². The molecule has 4 amide bonds. The first kappa shape index (κ1) is 70.9. The molecule has 0 bridgehead atoms. The molecule has 0 spiro atoms. The van der Waals surface area contributed by atoms with Crippen molar-refractivity contribution in [2.45, 2.75) is 126 Å². The number of carbonyl (C=O) groups is 4. The molecule has 6 N–H and O–H groups in total. The van der Waals surface area contributed by atoms with Gasteiger partial charge in [0.1, 0.15) is 18.2 Å². The molecule has 10 aromatic rings. The number of piperidine rings is 1. The van der Waals surface area contributed by atoms with Crippen LogP contribution in [0, 0.1) is 52.2 Å². The Morgan fingerprint density at radius 2 is 0.810 bits per heavy atom. The minimum atomic E-state index is -0.336. The van der Waals surface area contributed by atoms with Crippen LogP contribution in [0.15, 0.2) is 115 Å². The number of amides is 4. The standard InChI is InChI=1S/C23H26FN3O.C22H24FN3O.C21H30N4O.C15H19N3O/c1-15-4-7-21-19(12-15)20-14-26(3)10-8-22(20)27(21)11-9-25-23(28)18-6-5-17(24)13-16(18)2;1-15-3-8-20-18(13-15)19-14-25(2)11-9-21(19)26(20)12-10-24-22(27)16-4-6-17(23)7-5-16;1-15-3-4-19-17(13-15)18-14-24(2)11-7-20(18)25(19)12-10-23-21(26)16-5-8-22-9-6-16;1-10-3-4-13-11(7-10)12-8-17(2)6-5-14(12)18(13)9-15(16)19/h4-7,12-13H,8-11,14H2,1-3H3,(H,25,28);3-8,13H,9-12,14H2,1-2H3,(H,24,27);3-4,13,16,22H,5-12,14H2,1-2H3,(H,23,26);3-4,7H,5-6,8-9H2,1-2H3,(H2,16,19). The van der Waals surface area contributed by atoms with E-state index in [0.717, 1.165) is 129 Å². The molecular weight excluding hydrogens is 1260 g/mol. The van der Waals surface area contributed by atoms with Gasteiger partial charge >= 0.3 is 0 Å². The molecule has 0 unspecified atom stereocenters. The van der Waals surface area contributed by atoms with Gasteiger partial charge in [-0.05, 0) is 208 Å². The van der Waals surface area contributed by atoms with Crippen molar-refractivity contribution >= 4 is 67.2 Å². The zero-order valence-electron chi connectivity index (χ0n) is 59.9. The van der Waals surface area contributed by atoms with Crippen molar-refractivity contribution in [3.05, 3.63) is 211 Å². The van der Waals surface area contributed by atoms with Gasteiger partial charge in [-0.3, -0.25) is 19.2 Å². The predicted octanol–water partition coefficient (Wildman–Crippen LogP) is 10.8. The molecule has 15 rings (SSSR count). The third-order valence-electron chi connectivity index (χ3n) is 20.8. The maximum absolute atomic E-state index is 13.3. The number of rotatable bonds is 14. The van der Waals surface area contributed by atoms with E-state index in [9.17, 15) is 28.0 Å². The van der Waals surface area contributed by atoms with Gasteiger partial charge in [-0.25, -0.2) is 8.78 Å². The van der Waals surface area contributed by atoms with Crippen LogP contribution in [0.3, 0.4) is 0 Å². The molecule has 6 aromatic carbocycles. The fourth-order valence-corrected chi connectivity index (χ4v) is 15.7. The molecule has 5 aliphatic heterocycles. The molecule has 0 saturated carbocycles. The Balaban J connectivity index is 0.000000127. The number of hydrogen-bond donors (Lipinski definition) is 5. The molecule has 526 valence electrons. The van der Waals surface area contributed by atoms with Gasteiger partial charge in [-0.2, -0.15) is 0 Å². The summed E-state index contributed by atoms with van der Waals surface area (Å²) >= 11 is 0. The van der Waals surface area contributed by atoms with E-state index in [1.165, 1.54) is 142 Å². The average Bonchev–Trinajstić information content (AvgIpc) is 1.54. The molecule has 100 heavy (non-hydrogen) atoms. The van der Waals surface area contributed by atoms with Gasteiger partial charge in [-0.1, -0.05) is 46.5 Å². The quantitative estimate of drug-likeness (QED) is 0.0710. The number of aryl methyl sites for hydroxylation is 5. The number of fused-ring (bicyclic) bond motifs is 12. The van der Waals surface area contributed by atoms with Gasteiger partial charge in [0.25, 0.3) is 11.8 Å². The van der Waals surface area contributed by atoms with Crippen molar-refractivity contribution < 1.29 is 28.0 Å². The molecule has 5 aliphatic rings. The molecule has 17 nitrogen and oxygen atoms in total. The van der Waals surface area contributed by atoms with Crippen LogP contribution in [0.4, 0.5) is 8.78 Å². The Bertz CT molecular complexity index is 4670. The van der Waals surface area contributed by atoms with Gasteiger partial charge in [0.15, 0.2) is 0 Å². The van der Waals surface area contributed by atoms with Crippen molar-refractivity contribution in [3.63, 3.8) is 0 Å². The molecule has 9 heterocycles. The third-order valence-corrected chi connectivity index (χ3v) is 20.8. The lowest BCUT2D eigenvalue weighted by Crippen LogP contribution is -2.39. The van der Waals surface area contributed by atoms with Crippen LogP contribution in [0.5, 0.6) is 0 Å². The van der Waals surface area contributed by atoms with Crippen LogP contribution in [0.1, 0.15) is 106 Å². The van der Waals surface area contributed by atoms with E-state index in [1.807, 2.05) is 0 Å². The van der Waals surface area contributed by atoms with Crippen LogP contribution < -0.4 is 27.0 Å². The molecular formula is C81H99F2N13O4. The number of nitrogens with two attached hydrogens (primary N) is 1. The van der Waals surface area contributed by atoms with Crippen LogP contribution in [0.2, 0.25) is 0 Å². The average molecular weight is 1360 g/mol. The summed E-state index contributed by atoms with van der Waals surface area (Å²) in [5, 5.41) is 17.8. The summed E-state index contributed by atoms with van der Waals surface area (Å²) in [5.74, 6) is -0.846. The summed E-state index contributed by atoms with van der Waals surface area (Å²) in [4.78, 5) is 57.9. The highest BCUT2D eigenvalue weighted by molar-refractivity contribution is 5.96. The van der Waals surface area contributed by atoms with Crippen LogP contribution in [-0.2, 0) is 87.6 Å². The van der Waals surface area contributed by atoms with Crippen molar-refractivity contribution in [1.29, 1.82) is 0 Å². The molecule has 1 fully saturated rings. The summed E-state index contributed by atoms with van der Waals surface area (Å²) in [6, 6.07) is 36.3. The molecule has 4 aromatic heterocycles. The van der Waals surface area contributed by atoms with Crippen LogP contribution in [0.25, 0.3) is 43.6 Å². The number of nitrogens with zero attached hydrogens (tertiary/aromatic N) is 8. The minimum Gasteiger partial charge on any atom is -0.368 e. The van der Waals surface area contributed by atoms with E-state index in [1.54, 1.807) is 13.0 Å². The van der Waals surface area contributed by atoms with Gasteiger partial charge < -0.3 is 64.9 Å². The normalized spacial score (nSPS) is 15.8. The molecule has 0 radical (unpaired) electrons. The SMILES string of the molecule is Cc1ccc2c(c1)c1c(n2CC(N)=O)CCN(C)C1.Cc1ccc2c(c1)c1c(n2CCNC(=O)C2CCNCC2)CCN(C)C1.Cc1ccc2c(c1)c1c(n2CCNC(=O)c2ccc(F)cc2)CCN(C)C1.Cc1ccc2c(c1)c1c(n2CCNC(=O)c2ccc(F)cc2C)CCN(C)C1. The second-order valence-corrected chi connectivity index (χ2v) is 28.5. The number of primary amides is 1. The number of halogens is 2. The summed E-state index contributed by atoms with van der Waals surface area (Å²) in [6.07, 6.45) is 6.02. The van der Waals surface area contributed by atoms with E-state index in [-0.39, 0.29) is 47.7 Å². The number of hydrogen-bond acceptors (Lipinski definition) is 9. The fourth-order valence-electron chi connectivity index (χ4n) is 15.7. The third kappa shape index (κ3) is 15.9. The zero-order chi connectivity index (χ0) is 70.5. The highest BCUT2D eigenvalue weighted by Gasteiger charge is 2.28. The van der Waals surface area contributed by atoms with Gasteiger partial charge in [0.2, 0.25) is 11.8 Å². The predicted molar refractivity (Wildman–Crippen MR) is 397 cm³/mol. The van der Waals surface area contributed by atoms with Crippen molar-refractivity contribution in [1.82, 2.24) is 59.1 Å². The van der Waals surface area contributed by atoms with Crippen molar-refractivity contribution in [2.75, 3.05) is 87.1 Å². The molecule has 0 atom stereocenters. The van der Waals surface area contributed by atoms with Crippen LogP contribution in [-0.4, -0.2) is 149 Å². The van der Waals surface area contributed by atoms with Gasteiger partial charge in [0.05, 0.1) is 0 Å². The van der Waals surface area contributed by atoms with E-state index in [4.69, 9.17) is 5.73 Å². The Hall–Kier alpha value is -8.98. The highest BCUT2D eigenvalue weighted by atomic mass is 19.1. The zero-order valence-corrected chi connectivity index (χ0v) is 59.9. The lowest BCUT2D eigenvalue weighted by molar-refractivity contribution is -0.125. The monoisotopic (exact) mass is 1360 g/mol.